The van der Waals surface area contributed by atoms with Gasteiger partial charge in [0.1, 0.15) is 11.6 Å². The molecular weight excluding hydrogens is 503 g/mol. The van der Waals surface area contributed by atoms with Crippen LogP contribution >= 0.6 is 0 Å². The number of carbonyl (C=O) groups is 1. The Hall–Kier alpha value is -2.69. The molecule has 0 bridgehead atoms. The molecule has 5 nitrogen and oxygen atoms in total. The van der Waals surface area contributed by atoms with E-state index in [1.807, 2.05) is 0 Å². The monoisotopic (exact) mass is 532 g/mol. The summed E-state index contributed by atoms with van der Waals surface area (Å²) in [6, 6.07) is 6.32. The number of aryl methyl sites for hydroxylation is 1. The largest absolute Gasteiger partial charge is 0.398 e. The Labute approximate surface area is 207 Å². The third kappa shape index (κ3) is 5.35. The van der Waals surface area contributed by atoms with Crippen LogP contribution in [0.4, 0.5) is 27.6 Å². The van der Waals surface area contributed by atoms with E-state index < -0.39 is 56.2 Å². The molecule has 3 rings (SSSR count). The minimum Gasteiger partial charge on any atom is -0.349 e. The molecule has 1 aliphatic rings. The summed E-state index contributed by atoms with van der Waals surface area (Å²) in [4.78, 5) is 12.9. The predicted octanol–water partition coefficient (Wildman–Crippen LogP) is 5.64. The molecule has 0 aliphatic heterocycles. The van der Waals surface area contributed by atoms with Gasteiger partial charge in [0.25, 0.3) is 0 Å². The second-order valence-electron chi connectivity index (χ2n) is 10.3. The lowest BCUT2D eigenvalue weighted by atomic mass is 9.81. The number of rotatable bonds is 7. The smallest absolute Gasteiger partial charge is 0.349 e. The van der Waals surface area contributed by atoms with Crippen molar-refractivity contribution in [1.82, 2.24) is 5.32 Å². The summed E-state index contributed by atoms with van der Waals surface area (Å²) in [5.41, 5.74) is -2.79. The molecule has 2 aromatic rings. The van der Waals surface area contributed by atoms with Crippen molar-refractivity contribution in [1.29, 1.82) is 0 Å². The fraction of sp³-hybridized carbons (Fsp3) is 0.480. The van der Waals surface area contributed by atoms with Gasteiger partial charge >= 0.3 is 6.18 Å². The van der Waals surface area contributed by atoms with Gasteiger partial charge in [0.15, 0.2) is 0 Å². The maximum absolute atomic E-state index is 14.7. The van der Waals surface area contributed by atoms with Gasteiger partial charge in [-0.3, -0.25) is 9.52 Å². The second-order valence-corrected chi connectivity index (χ2v) is 12.0. The van der Waals surface area contributed by atoms with E-state index in [1.165, 1.54) is 0 Å². The highest BCUT2D eigenvalue weighted by Gasteiger charge is 2.57. The number of halogens is 5. The maximum Gasteiger partial charge on any atom is 0.398 e. The number of hydrogen-bond donors (Lipinski definition) is 2. The number of amides is 1. The number of benzene rings is 2. The van der Waals surface area contributed by atoms with Crippen LogP contribution in [0.1, 0.15) is 62.4 Å². The summed E-state index contributed by atoms with van der Waals surface area (Å²) in [7, 11) is -3.45. The van der Waals surface area contributed by atoms with Crippen LogP contribution in [0.5, 0.6) is 0 Å². The molecular formula is C25H29F5N2O3S. The quantitative estimate of drug-likeness (QED) is 0.454. The third-order valence-electron chi connectivity index (χ3n) is 6.99. The van der Waals surface area contributed by atoms with Crippen molar-refractivity contribution >= 4 is 21.6 Å². The van der Waals surface area contributed by atoms with Crippen LogP contribution in [-0.2, 0) is 25.6 Å². The predicted molar refractivity (Wildman–Crippen MR) is 127 cm³/mol. The Kier molecular flexibility index (Phi) is 6.98. The summed E-state index contributed by atoms with van der Waals surface area (Å²) in [5.74, 6) is -3.58. The van der Waals surface area contributed by atoms with E-state index in [9.17, 15) is 35.2 Å². The summed E-state index contributed by atoms with van der Waals surface area (Å²) >= 11 is 0. The van der Waals surface area contributed by atoms with E-state index in [0.717, 1.165) is 37.8 Å². The molecule has 1 aliphatic carbocycles. The van der Waals surface area contributed by atoms with Crippen molar-refractivity contribution in [3.8, 4) is 0 Å². The first-order valence-corrected chi connectivity index (χ1v) is 13.1. The van der Waals surface area contributed by atoms with Crippen molar-refractivity contribution in [2.24, 2.45) is 5.92 Å². The van der Waals surface area contributed by atoms with Gasteiger partial charge in [0, 0.05) is 16.9 Å². The van der Waals surface area contributed by atoms with Crippen LogP contribution < -0.4 is 10.0 Å². The molecule has 3 unspecified atom stereocenters. The first-order valence-electron chi connectivity index (χ1n) is 11.2. The van der Waals surface area contributed by atoms with Gasteiger partial charge in [0.2, 0.25) is 15.9 Å². The number of carbonyl (C=O) groups excluding carboxylic acids is 1. The van der Waals surface area contributed by atoms with Crippen LogP contribution in [0.2, 0.25) is 0 Å². The zero-order chi connectivity index (χ0) is 27.4. The lowest BCUT2D eigenvalue weighted by Gasteiger charge is -2.29. The summed E-state index contributed by atoms with van der Waals surface area (Å²) in [6.45, 7) is 6.53. The lowest BCUT2D eigenvalue weighted by Crippen LogP contribution is -2.38. The van der Waals surface area contributed by atoms with Crippen molar-refractivity contribution < 1.29 is 35.2 Å². The van der Waals surface area contributed by atoms with Crippen LogP contribution in [-0.4, -0.2) is 26.8 Å². The minimum atomic E-state index is -4.85. The highest BCUT2D eigenvalue weighted by atomic mass is 32.2. The summed E-state index contributed by atoms with van der Waals surface area (Å²) < 4.78 is 94.9. The van der Waals surface area contributed by atoms with Crippen LogP contribution in [0, 0.1) is 24.5 Å². The van der Waals surface area contributed by atoms with Gasteiger partial charge in [-0.15, -0.1) is 0 Å². The van der Waals surface area contributed by atoms with Gasteiger partial charge in [-0.2, -0.15) is 13.2 Å². The molecule has 3 atom stereocenters. The Morgan fingerprint density at radius 2 is 1.67 bits per heavy atom. The Balaban J connectivity index is 1.76. The van der Waals surface area contributed by atoms with Crippen LogP contribution in [0.15, 0.2) is 30.3 Å². The number of anilines is 1. The maximum atomic E-state index is 14.7. The topological polar surface area (TPSA) is 75.3 Å². The van der Waals surface area contributed by atoms with E-state index in [2.05, 4.69) is 10.0 Å². The van der Waals surface area contributed by atoms with E-state index in [-0.39, 0.29) is 17.9 Å². The first-order chi connectivity index (χ1) is 16.3. The zero-order valence-corrected chi connectivity index (χ0v) is 21.6. The molecule has 11 heteroatoms. The first kappa shape index (κ1) is 27.9. The highest BCUT2D eigenvalue weighted by Crippen LogP contribution is 2.55. The van der Waals surface area contributed by atoms with Crippen LogP contribution in [0.3, 0.4) is 0 Å². The van der Waals surface area contributed by atoms with Gasteiger partial charge < -0.3 is 5.32 Å². The summed E-state index contributed by atoms with van der Waals surface area (Å²) in [5, 5.41) is 2.85. The molecule has 2 aromatic carbocycles. The molecule has 0 heterocycles. The highest BCUT2D eigenvalue weighted by molar-refractivity contribution is 7.92. The number of sulfonamides is 1. The number of hydrogen-bond acceptors (Lipinski definition) is 3. The average Bonchev–Trinajstić information content (AvgIpc) is 3.40. The molecule has 0 radical (unpaired) electrons. The van der Waals surface area contributed by atoms with Gasteiger partial charge in [-0.25, -0.2) is 17.2 Å². The van der Waals surface area contributed by atoms with Crippen molar-refractivity contribution in [2.45, 2.75) is 64.1 Å². The third-order valence-corrected chi connectivity index (χ3v) is 7.58. The fourth-order valence-electron chi connectivity index (χ4n) is 4.38. The molecule has 0 spiro atoms. The van der Waals surface area contributed by atoms with E-state index in [1.54, 1.807) is 39.0 Å². The molecule has 0 aromatic heterocycles. The van der Waals surface area contributed by atoms with Gasteiger partial charge in [-0.05, 0) is 69.0 Å². The molecule has 198 valence electrons. The fourth-order valence-corrected chi connectivity index (χ4v) is 5.00. The standard InChI is InChI=1S/C25H29F5N2O3S/c1-13-9-15(7-8-20(13)32-36(6,34)35)14(2)31-22(33)17-12-24(17,5)16-10-18(26)21(19(27)11-16)23(3,4)25(28,29)30/h7-11,14,17,32H,12H2,1-6H3,(H,31,33). The minimum absolute atomic E-state index is 0.124. The van der Waals surface area contributed by atoms with Gasteiger partial charge in [0.05, 0.1) is 23.4 Å². The van der Waals surface area contributed by atoms with E-state index in [0.29, 0.717) is 11.3 Å². The van der Waals surface area contributed by atoms with Crippen molar-refractivity contribution in [2.75, 3.05) is 11.0 Å². The van der Waals surface area contributed by atoms with Crippen molar-refractivity contribution in [3.05, 3.63) is 64.2 Å². The van der Waals surface area contributed by atoms with Crippen LogP contribution in [0.25, 0.3) is 0 Å². The second kappa shape index (κ2) is 9.00. The molecule has 2 N–H and O–H groups in total. The van der Waals surface area contributed by atoms with E-state index in [4.69, 9.17) is 0 Å². The molecule has 36 heavy (non-hydrogen) atoms. The normalized spacial score (nSPS) is 21.1. The SMILES string of the molecule is Cc1cc(C(C)NC(=O)C2CC2(C)c2cc(F)c(C(C)(C)C(F)(F)F)c(F)c2)ccc1NS(C)(=O)=O. The Morgan fingerprint density at radius 1 is 1.11 bits per heavy atom. The number of nitrogens with one attached hydrogen (secondary N) is 2. The Bertz CT molecular complexity index is 1280. The van der Waals surface area contributed by atoms with E-state index >= 15 is 0 Å². The molecule has 1 saturated carbocycles. The lowest BCUT2D eigenvalue weighted by molar-refractivity contribution is -0.181. The number of alkyl halides is 3. The molecule has 1 fully saturated rings. The van der Waals surface area contributed by atoms with Crippen molar-refractivity contribution in [3.63, 3.8) is 0 Å². The molecule has 0 saturated heterocycles. The zero-order valence-electron chi connectivity index (χ0n) is 20.8. The van der Waals surface area contributed by atoms with Gasteiger partial charge in [-0.1, -0.05) is 19.1 Å². The Morgan fingerprint density at radius 3 is 2.14 bits per heavy atom. The molecule has 1 amide bonds. The summed E-state index contributed by atoms with van der Waals surface area (Å²) in [6.07, 6.45) is -3.53. The average molecular weight is 533 g/mol.